The van der Waals surface area contributed by atoms with E-state index in [1.54, 1.807) is 14.2 Å². The van der Waals surface area contributed by atoms with Gasteiger partial charge in [0.25, 0.3) is 0 Å². The van der Waals surface area contributed by atoms with Crippen LogP contribution < -0.4 is 14.8 Å². The molecule has 1 aromatic carbocycles. The van der Waals surface area contributed by atoms with Gasteiger partial charge in [-0.15, -0.1) is 0 Å². The Balaban J connectivity index is 3.03. The van der Waals surface area contributed by atoms with Crippen molar-refractivity contribution in [1.29, 1.82) is 0 Å². The van der Waals surface area contributed by atoms with E-state index < -0.39 is 0 Å². The lowest BCUT2D eigenvalue weighted by Gasteiger charge is -2.24. The van der Waals surface area contributed by atoms with E-state index in [2.05, 4.69) is 37.3 Å². The Morgan fingerprint density at radius 2 is 1.95 bits per heavy atom. The largest absolute Gasteiger partial charge is 0.497 e. The molecule has 1 unspecified atom stereocenters. The van der Waals surface area contributed by atoms with Crippen molar-refractivity contribution < 1.29 is 9.47 Å². The number of methoxy groups -OCH3 is 2. The molecule has 0 amide bonds. The molecule has 0 aliphatic heterocycles. The molecule has 0 saturated carbocycles. The molecule has 0 radical (unpaired) electrons. The summed E-state index contributed by atoms with van der Waals surface area (Å²) in [5, 5.41) is 3.57. The molecule has 0 fully saturated rings. The molecule has 108 valence electrons. The Labute approximate surface area is 116 Å². The zero-order chi connectivity index (χ0) is 14.3. The van der Waals surface area contributed by atoms with E-state index in [-0.39, 0.29) is 6.04 Å². The van der Waals surface area contributed by atoms with Crippen molar-refractivity contribution in [2.75, 3.05) is 41.4 Å². The highest BCUT2D eigenvalue weighted by molar-refractivity contribution is 5.42. The number of hydrogen-bond donors (Lipinski definition) is 1. The van der Waals surface area contributed by atoms with Crippen LogP contribution in [0.15, 0.2) is 18.2 Å². The lowest BCUT2D eigenvalue weighted by atomic mass is 10.0. The minimum Gasteiger partial charge on any atom is -0.497 e. The molecule has 0 heterocycles. The molecular formula is C15H26N2O2. The van der Waals surface area contributed by atoms with Gasteiger partial charge in [-0.05, 0) is 45.3 Å². The van der Waals surface area contributed by atoms with Gasteiger partial charge in [0.1, 0.15) is 11.5 Å². The third-order valence-corrected chi connectivity index (χ3v) is 3.00. The zero-order valence-electron chi connectivity index (χ0n) is 12.7. The summed E-state index contributed by atoms with van der Waals surface area (Å²) in [5.41, 5.74) is 1.14. The molecule has 0 bridgehead atoms. The highest BCUT2D eigenvalue weighted by Crippen LogP contribution is 2.29. The monoisotopic (exact) mass is 266 g/mol. The van der Waals surface area contributed by atoms with E-state index >= 15 is 0 Å². The van der Waals surface area contributed by atoms with Gasteiger partial charge in [-0.25, -0.2) is 0 Å². The predicted molar refractivity (Wildman–Crippen MR) is 79.1 cm³/mol. The molecule has 0 aromatic heterocycles. The van der Waals surface area contributed by atoms with Crippen molar-refractivity contribution in [3.63, 3.8) is 0 Å². The van der Waals surface area contributed by atoms with Gasteiger partial charge in [0, 0.05) is 18.2 Å². The molecule has 0 aliphatic rings. The normalized spacial score (nSPS) is 12.5. The second kappa shape index (κ2) is 8.02. The number of benzene rings is 1. The summed E-state index contributed by atoms with van der Waals surface area (Å²) in [6.45, 7) is 4.07. The van der Waals surface area contributed by atoms with Crippen molar-refractivity contribution in [3.8, 4) is 11.5 Å². The molecule has 1 atom stereocenters. The van der Waals surface area contributed by atoms with Crippen molar-refractivity contribution >= 4 is 0 Å². The van der Waals surface area contributed by atoms with E-state index in [0.29, 0.717) is 0 Å². The Hall–Kier alpha value is -1.26. The van der Waals surface area contributed by atoms with Crippen LogP contribution in [0.1, 0.15) is 24.9 Å². The summed E-state index contributed by atoms with van der Waals surface area (Å²) >= 11 is 0. The summed E-state index contributed by atoms with van der Waals surface area (Å²) in [7, 11) is 7.55. The standard InChI is InChI=1S/C15H26N2O2/c1-6-9-16-14(11-17(2)3)13-10-12(18-4)7-8-15(13)19-5/h7-8,10,14,16H,6,9,11H2,1-5H3. The average Bonchev–Trinajstić information content (AvgIpc) is 2.42. The van der Waals surface area contributed by atoms with Crippen LogP contribution in [-0.2, 0) is 0 Å². The maximum atomic E-state index is 5.47. The smallest absolute Gasteiger partial charge is 0.123 e. The first kappa shape index (κ1) is 15.8. The fourth-order valence-corrected chi connectivity index (χ4v) is 2.07. The number of ether oxygens (including phenoxy) is 2. The van der Waals surface area contributed by atoms with Crippen LogP contribution >= 0.6 is 0 Å². The summed E-state index contributed by atoms with van der Waals surface area (Å²) in [6.07, 6.45) is 1.11. The van der Waals surface area contributed by atoms with Crippen molar-refractivity contribution in [3.05, 3.63) is 23.8 Å². The molecule has 0 aliphatic carbocycles. The Kier molecular flexibility index (Phi) is 6.67. The van der Waals surface area contributed by atoms with E-state index in [4.69, 9.17) is 9.47 Å². The summed E-state index contributed by atoms with van der Waals surface area (Å²) in [5.74, 6) is 1.76. The van der Waals surface area contributed by atoms with Gasteiger partial charge in [0.05, 0.1) is 14.2 Å². The van der Waals surface area contributed by atoms with Gasteiger partial charge >= 0.3 is 0 Å². The molecular weight excluding hydrogens is 240 g/mol. The molecule has 1 aromatic rings. The minimum atomic E-state index is 0.236. The number of rotatable bonds is 8. The first-order valence-electron chi connectivity index (χ1n) is 6.72. The van der Waals surface area contributed by atoms with Gasteiger partial charge < -0.3 is 19.7 Å². The minimum absolute atomic E-state index is 0.236. The maximum Gasteiger partial charge on any atom is 0.123 e. The first-order valence-corrected chi connectivity index (χ1v) is 6.72. The molecule has 19 heavy (non-hydrogen) atoms. The van der Waals surface area contributed by atoms with Gasteiger partial charge in [0.2, 0.25) is 0 Å². The summed E-state index contributed by atoms with van der Waals surface area (Å²) in [6, 6.07) is 6.18. The van der Waals surface area contributed by atoms with Crippen LogP contribution in [-0.4, -0.2) is 46.3 Å². The lowest BCUT2D eigenvalue weighted by Crippen LogP contribution is -2.32. The van der Waals surface area contributed by atoms with Crippen molar-refractivity contribution in [2.24, 2.45) is 0 Å². The van der Waals surface area contributed by atoms with Crippen LogP contribution in [0.3, 0.4) is 0 Å². The first-order chi connectivity index (χ1) is 9.12. The quantitative estimate of drug-likeness (QED) is 0.783. The second-order valence-electron chi connectivity index (χ2n) is 4.88. The third kappa shape index (κ3) is 4.73. The van der Waals surface area contributed by atoms with Crippen LogP contribution in [0, 0.1) is 0 Å². The molecule has 1 N–H and O–H groups in total. The average molecular weight is 266 g/mol. The van der Waals surface area contributed by atoms with E-state index in [1.807, 2.05) is 12.1 Å². The van der Waals surface area contributed by atoms with Gasteiger partial charge in [-0.3, -0.25) is 0 Å². The second-order valence-corrected chi connectivity index (χ2v) is 4.88. The highest BCUT2D eigenvalue weighted by Gasteiger charge is 2.17. The topological polar surface area (TPSA) is 33.7 Å². The molecule has 0 spiro atoms. The van der Waals surface area contributed by atoms with Gasteiger partial charge in [-0.1, -0.05) is 6.92 Å². The van der Waals surface area contributed by atoms with Crippen LogP contribution in [0.5, 0.6) is 11.5 Å². The fraction of sp³-hybridized carbons (Fsp3) is 0.600. The molecule has 0 saturated heterocycles. The van der Waals surface area contributed by atoms with E-state index in [0.717, 1.165) is 36.6 Å². The fourth-order valence-electron chi connectivity index (χ4n) is 2.07. The Morgan fingerprint density at radius 1 is 1.21 bits per heavy atom. The summed E-state index contributed by atoms with van der Waals surface area (Å²) < 4.78 is 10.8. The van der Waals surface area contributed by atoms with E-state index in [9.17, 15) is 0 Å². The SMILES string of the molecule is CCCNC(CN(C)C)c1cc(OC)ccc1OC. The zero-order valence-corrected chi connectivity index (χ0v) is 12.7. The van der Waals surface area contributed by atoms with Crippen molar-refractivity contribution in [2.45, 2.75) is 19.4 Å². The summed E-state index contributed by atoms with van der Waals surface area (Å²) in [4.78, 5) is 2.17. The van der Waals surface area contributed by atoms with Crippen LogP contribution in [0.25, 0.3) is 0 Å². The molecule has 4 nitrogen and oxygen atoms in total. The number of likely N-dealkylation sites (N-methyl/N-ethyl adjacent to an activating group) is 1. The molecule has 4 heteroatoms. The number of nitrogens with one attached hydrogen (secondary N) is 1. The van der Waals surface area contributed by atoms with Gasteiger partial charge in [-0.2, -0.15) is 0 Å². The van der Waals surface area contributed by atoms with E-state index in [1.165, 1.54) is 0 Å². The lowest BCUT2D eigenvalue weighted by molar-refractivity contribution is 0.329. The molecule has 1 rings (SSSR count). The third-order valence-electron chi connectivity index (χ3n) is 3.00. The number of nitrogens with zero attached hydrogens (tertiary/aromatic N) is 1. The van der Waals surface area contributed by atoms with Crippen LogP contribution in [0.2, 0.25) is 0 Å². The maximum absolute atomic E-state index is 5.47. The highest BCUT2D eigenvalue weighted by atomic mass is 16.5. The van der Waals surface area contributed by atoms with Crippen molar-refractivity contribution in [1.82, 2.24) is 10.2 Å². The Bertz CT molecular complexity index is 380. The predicted octanol–water partition coefficient (Wildman–Crippen LogP) is 2.31. The van der Waals surface area contributed by atoms with Gasteiger partial charge in [0.15, 0.2) is 0 Å². The van der Waals surface area contributed by atoms with Crippen LogP contribution in [0.4, 0.5) is 0 Å². The Morgan fingerprint density at radius 3 is 2.47 bits per heavy atom. The number of hydrogen-bond acceptors (Lipinski definition) is 4.